The number of likely N-dealkylation sites (N-methyl/N-ethyl adjacent to an activating group) is 1. The fraction of sp³-hybridized carbons (Fsp3) is 0.750. The summed E-state index contributed by atoms with van der Waals surface area (Å²) in [6.45, 7) is 5.89. The molecule has 1 fully saturated rings. The maximum Gasteiger partial charge on any atom is 0.324 e. The molecule has 0 saturated carbocycles. The van der Waals surface area contributed by atoms with Gasteiger partial charge < -0.3 is 14.3 Å². The third-order valence-electron chi connectivity index (χ3n) is 2.29. The van der Waals surface area contributed by atoms with Gasteiger partial charge >= 0.3 is 6.01 Å². The molecule has 1 aliphatic heterocycles. The lowest BCUT2D eigenvalue weighted by molar-refractivity contribution is 0.298. The van der Waals surface area contributed by atoms with Crippen LogP contribution in [0.5, 0.6) is 0 Å². The lowest BCUT2D eigenvalue weighted by atomic mass is 10.3. The Kier molecular flexibility index (Phi) is 2.18. The van der Waals surface area contributed by atoms with Crippen molar-refractivity contribution in [1.29, 1.82) is 0 Å². The zero-order valence-corrected chi connectivity index (χ0v) is 8.03. The summed E-state index contributed by atoms with van der Waals surface area (Å²) < 4.78 is 5.09. The number of hydrogen-bond acceptors (Lipinski definition) is 5. The summed E-state index contributed by atoms with van der Waals surface area (Å²) in [5.74, 6) is 0.703. The molecule has 1 aromatic rings. The van der Waals surface area contributed by atoms with Gasteiger partial charge in [-0.05, 0) is 14.0 Å². The largest absolute Gasteiger partial charge is 0.324 e. The van der Waals surface area contributed by atoms with Gasteiger partial charge in [0.1, 0.15) is 0 Å². The molecule has 2 heterocycles. The monoisotopic (exact) mass is 182 g/mol. The average Bonchev–Trinajstić information content (AvgIpc) is 2.53. The molecule has 1 saturated heterocycles. The normalized spacial score (nSPS) is 19.4. The molecule has 0 N–H and O–H groups in total. The summed E-state index contributed by atoms with van der Waals surface area (Å²) in [5.41, 5.74) is 0. The Morgan fingerprint density at radius 1 is 1.23 bits per heavy atom. The maximum absolute atomic E-state index is 5.09. The van der Waals surface area contributed by atoms with E-state index in [-0.39, 0.29) is 0 Å². The van der Waals surface area contributed by atoms with Crippen LogP contribution in [-0.4, -0.2) is 48.3 Å². The van der Waals surface area contributed by atoms with Crippen LogP contribution in [0.15, 0.2) is 4.52 Å². The molecule has 0 atom stereocenters. The van der Waals surface area contributed by atoms with Crippen LogP contribution in [0.25, 0.3) is 0 Å². The molecule has 1 aliphatic rings. The topological polar surface area (TPSA) is 45.4 Å². The minimum Gasteiger partial charge on any atom is -0.322 e. The lowest BCUT2D eigenvalue weighted by Crippen LogP contribution is -2.44. The predicted octanol–water partition coefficient (Wildman–Crippen LogP) is 0.130. The highest BCUT2D eigenvalue weighted by Gasteiger charge is 2.18. The number of anilines is 1. The Bertz CT molecular complexity index is 277. The van der Waals surface area contributed by atoms with Crippen molar-refractivity contribution in [2.45, 2.75) is 6.92 Å². The van der Waals surface area contributed by atoms with Crippen molar-refractivity contribution < 1.29 is 4.52 Å². The molecule has 0 unspecified atom stereocenters. The smallest absolute Gasteiger partial charge is 0.322 e. The summed E-state index contributed by atoms with van der Waals surface area (Å²) in [6.07, 6.45) is 0. The number of rotatable bonds is 1. The van der Waals surface area contributed by atoms with Gasteiger partial charge in [-0.1, -0.05) is 5.16 Å². The van der Waals surface area contributed by atoms with Gasteiger partial charge in [0.25, 0.3) is 0 Å². The van der Waals surface area contributed by atoms with Crippen LogP contribution in [0.2, 0.25) is 0 Å². The van der Waals surface area contributed by atoms with Crippen LogP contribution in [-0.2, 0) is 0 Å². The molecule has 72 valence electrons. The molecule has 5 heteroatoms. The second kappa shape index (κ2) is 3.33. The second-order valence-corrected chi connectivity index (χ2v) is 3.41. The minimum absolute atomic E-state index is 0.658. The third kappa shape index (κ3) is 1.80. The van der Waals surface area contributed by atoms with E-state index >= 15 is 0 Å². The first kappa shape index (κ1) is 8.50. The van der Waals surface area contributed by atoms with Crippen LogP contribution in [0.1, 0.15) is 5.82 Å². The number of nitrogens with zero attached hydrogens (tertiary/aromatic N) is 4. The highest BCUT2D eigenvalue weighted by atomic mass is 16.5. The third-order valence-corrected chi connectivity index (χ3v) is 2.29. The molecule has 5 nitrogen and oxygen atoms in total. The molecule has 0 bridgehead atoms. The molecule has 13 heavy (non-hydrogen) atoms. The van der Waals surface area contributed by atoms with Gasteiger partial charge in [-0.25, -0.2) is 0 Å². The van der Waals surface area contributed by atoms with Crippen LogP contribution >= 0.6 is 0 Å². The van der Waals surface area contributed by atoms with E-state index in [9.17, 15) is 0 Å². The molecule has 0 aromatic carbocycles. The summed E-state index contributed by atoms with van der Waals surface area (Å²) >= 11 is 0. The Labute approximate surface area is 77.3 Å². The Morgan fingerprint density at radius 3 is 2.46 bits per heavy atom. The standard InChI is InChI=1S/C8H14N4O/c1-7-9-8(13-10-7)12-5-3-11(2)4-6-12/h3-6H2,1-2H3. The first-order valence-electron chi connectivity index (χ1n) is 4.49. The van der Waals surface area contributed by atoms with Gasteiger partial charge in [0, 0.05) is 26.2 Å². The van der Waals surface area contributed by atoms with Gasteiger partial charge in [0.15, 0.2) is 5.82 Å². The average molecular weight is 182 g/mol. The van der Waals surface area contributed by atoms with E-state index in [0.717, 1.165) is 26.2 Å². The van der Waals surface area contributed by atoms with Crippen LogP contribution in [0, 0.1) is 6.92 Å². The number of aromatic nitrogens is 2. The van der Waals surface area contributed by atoms with E-state index in [0.29, 0.717) is 11.8 Å². The first-order valence-corrected chi connectivity index (χ1v) is 4.49. The van der Waals surface area contributed by atoms with Crippen molar-refractivity contribution in [2.75, 3.05) is 38.1 Å². The van der Waals surface area contributed by atoms with E-state index in [2.05, 4.69) is 27.0 Å². The van der Waals surface area contributed by atoms with E-state index in [1.165, 1.54) is 0 Å². The van der Waals surface area contributed by atoms with Gasteiger partial charge in [-0.3, -0.25) is 0 Å². The Hall–Kier alpha value is -1.10. The van der Waals surface area contributed by atoms with Crippen molar-refractivity contribution in [3.63, 3.8) is 0 Å². The lowest BCUT2D eigenvalue weighted by Gasteiger charge is -2.30. The Balaban J connectivity index is 2.02. The van der Waals surface area contributed by atoms with Crippen molar-refractivity contribution in [3.05, 3.63) is 5.82 Å². The maximum atomic E-state index is 5.09. The van der Waals surface area contributed by atoms with Gasteiger partial charge in [-0.2, -0.15) is 4.98 Å². The van der Waals surface area contributed by atoms with E-state index in [1.54, 1.807) is 0 Å². The first-order chi connectivity index (χ1) is 6.25. The highest BCUT2D eigenvalue weighted by molar-refractivity contribution is 5.25. The zero-order valence-electron chi connectivity index (χ0n) is 8.03. The number of piperazine rings is 1. The van der Waals surface area contributed by atoms with Crippen LogP contribution in [0.3, 0.4) is 0 Å². The molecule has 0 spiro atoms. The van der Waals surface area contributed by atoms with Crippen molar-refractivity contribution in [2.24, 2.45) is 0 Å². The fourth-order valence-corrected chi connectivity index (χ4v) is 1.41. The molecule has 0 radical (unpaired) electrons. The Morgan fingerprint density at radius 2 is 1.92 bits per heavy atom. The summed E-state index contributed by atoms with van der Waals surface area (Å²) in [7, 11) is 2.12. The number of hydrogen-bond donors (Lipinski definition) is 0. The van der Waals surface area contributed by atoms with Crippen molar-refractivity contribution in [1.82, 2.24) is 15.0 Å². The molecule has 0 aliphatic carbocycles. The van der Waals surface area contributed by atoms with Gasteiger partial charge in [0.2, 0.25) is 0 Å². The SMILES string of the molecule is Cc1noc(N2CCN(C)CC2)n1. The molecular formula is C8H14N4O. The highest BCUT2D eigenvalue weighted by Crippen LogP contribution is 2.12. The van der Waals surface area contributed by atoms with E-state index < -0.39 is 0 Å². The fourth-order valence-electron chi connectivity index (χ4n) is 1.41. The minimum atomic E-state index is 0.658. The van der Waals surface area contributed by atoms with E-state index in [1.807, 2.05) is 6.92 Å². The van der Waals surface area contributed by atoms with Crippen LogP contribution < -0.4 is 4.90 Å². The van der Waals surface area contributed by atoms with Gasteiger partial charge in [-0.15, -0.1) is 0 Å². The predicted molar refractivity (Wildman–Crippen MR) is 48.7 cm³/mol. The van der Waals surface area contributed by atoms with Crippen LogP contribution in [0.4, 0.5) is 6.01 Å². The van der Waals surface area contributed by atoms with Crippen molar-refractivity contribution >= 4 is 6.01 Å². The summed E-state index contributed by atoms with van der Waals surface area (Å²) in [5, 5.41) is 3.77. The second-order valence-electron chi connectivity index (χ2n) is 3.41. The molecule has 0 amide bonds. The zero-order chi connectivity index (χ0) is 9.26. The van der Waals surface area contributed by atoms with E-state index in [4.69, 9.17) is 4.52 Å². The summed E-state index contributed by atoms with van der Waals surface area (Å²) in [6, 6.07) is 0.658. The van der Waals surface area contributed by atoms with Crippen molar-refractivity contribution in [3.8, 4) is 0 Å². The molecular weight excluding hydrogens is 168 g/mol. The quantitative estimate of drug-likeness (QED) is 0.617. The van der Waals surface area contributed by atoms with Gasteiger partial charge in [0.05, 0.1) is 0 Å². The summed E-state index contributed by atoms with van der Waals surface area (Å²) in [4.78, 5) is 8.61. The number of aryl methyl sites for hydroxylation is 1. The molecule has 1 aromatic heterocycles. The molecule has 2 rings (SSSR count).